The highest BCUT2D eigenvalue weighted by molar-refractivity contribution is 5.78. The van der Waals surface area contributed by atoms with Gasteiger partial charge in [-0.05, 0) is 37.5 Å². The van der Waals surface area contributed by atoms with Crippen LogP contribution in [0.4, 0.5) is 0 Å². The van der Waals surface area contributed by atoms with Crippen LogP contribution >= 0.6 is 0 Å². The van der Waals surface area contributed by atoms with Gasteiger partial charge in [0.2, 0.25) is 0 Å². The molecule has 92 valence electrons. The standard InChI is InChI=1S/C15H26O/c16-15-10-6-4-2-1-3-5-8-13-12-14(13)9-7-11-15/h13-14H,1-12H2. The molecule has 0 heterocycles. The Morgan fingerprint density at radius 3 is 2.06 bits per heavy atom. The highest BCUT2D eigenvalue weighted by atomic mass is 16.1. The van der Waals surface area contributed by atoms with Crippen LogP contribution in [0.25, 0.3) is 0 Å². The number of rotatable bonds is 0. The van der Waals surface area contributed by atoms with Gasteiger partial charge in [-0.2, -0.15) is 0 Å². The third-order valence-electron chi connectivity index (χ3n) is 4.38. The van der Waals surface area contributed by atoms with Crippen LogP contribution in [0, 0.1) is 11.8 Å². The van der Waals surface area contributed by atoms with E-state index >= 15 is 0 Å². The number of Topliss-reactive ketones (excluding diaryl/α,β-unsaturated/α-hetero) is 1. The molecule has 2 rings (SSSR count). The van der Waals surface area contributed by atoms with Gasteiger partial charge in [0.05, 0.1) is 0 Å². The minimum absolute atomic E-state index is 0.522. The largest absolute Gasteiger partial charge is 0.300 e. The molecule has 0 aliphatic heterocycles. The summed E-state index contributed by atoms with van der Waals surface area (Å²) in [5.74, 6) is 2.56. The van der Waals surface area contributed by atoms with Crippen molar-refractivity contribution in [3.05, 3.63) is 0 Å². The fraction of sp³-hybridized carbons (Fsp3) is 0.933. The van der Waals surface area contributed by atoms with E-state index in [-0.39, 0.29) is 0 Å². The molecule has 0 radical (unpaired) electrons. The summed E-state index contributed by atoms with van der Waals surface area (Å²) < 4.78 is 0. The molecule has 0 amide bonds. The molecule has 0 saturated heterocycles. The van der Waals surface area contributed by atoms with Gasteiger partial charge in [0.25, 0.3) is 0 Å². The van der Waals surface area contributed by atoms with E-state index in [0.717, 1.165) is 31.1 Å². The molecular weight excluding hydrogens is 196 g/mol. The van der Waals surface area contributed by atoms with Crippen molar-refractivity contribution in [3.63, 3.8) is 0 Å². The maximum atomic E-state index is 11.6. The van der Waals surface area contributed by atoms with Gasteiger partial charge in [0.15, 0.2) is 0 Å². The minimum atomic E-state index is 0.522. The minimum Gasteiger partial charge on any atom is -0.300 e. The van der Waals surface area contributed by atoms with Crippen LogP contribution in [0.3, 0.4) is 0 Å². The Kier molecular flexibility index (Phi) is 4.87. The Bertz CT molecular complexity index is 221. The molecule has 0 N–H and O–H groups in total. The van der Waals surface area contributed by atoms with Crippen molar-refractivity contribution >= 4 is 5.78 Å². The van der Waals surface area contributed by atoms with Crippen molar-refractivity contribution in [3.8, 4) is 0 Å². The summed E-state index contributed by atoms with van der Waals surface area (Å²) in [5.41, 5.74) is 0. The van der Waals surface area contributed by atoms with Crippen LogP contribution in [0.2, 0.25) is 0 Å². The van der Waals surface area contributed by atoms with Gasteiger partial charge in [-0.25, -0.2) is 0 Å². The summed E-state index contributed by atoms with van der Waals surface area (Å²) in [5, 5.41) is 0. The zero-order valence-electron chi connectivity index (χ0n) is 10.5. The van der Waals surface area contributed by atoms with E-state index in [2.05, 4.69) is 0 Å². The fourth-order valence-electron chi connectivity index (χ4n) is 3.14. The first kappa shape index (κ1) is 12.1. The van der Waals surface area contributed by atoms with E-state index in [1.54, 1.807) is 0 Å². The zero-order chi connectivity index (χ0) is 11.2. The molecule has 1 nitrogen and oxygen atoms in total. The molecule has 0 aromatic heterocycles. The Balaban J connectivity index is 1.69. The van der Waals surface area contributed by atoms with Gasteiger partial charge in [0, 0.05) is 12.8 Å². The van der Waals surface area contributed by atoms with E-state index in [1.807, 2.05) is 0 Å². The topological polar surface area (TPSA) is 17.1 Å². The normalized spacial score (nSPS) is 33.9. The van der Waals surface area contributed by atoms with E-state index in [0.29, 0.717) is 5.78 Å². The lowest BCUT2D eigenvalue weighted by Gasteiger charge is -2.05. The molecule has 0 spiro atoms. The molecule has 1 heteroatoms. The highest BCUT2D eigenvalue weighted by Gasteiger charge is 2.35. The van der Waals surface area contributed by atoms with E-state index in [1.165, 1.54) is 57.8 Å². The fourth-order valence-corrected chi connectivity index (χ4v) is 3.14. The average molecular weight is 222 g/mol. The second kappa shape index (κ2) is 6.42. The lowest BCUT2D eigenvalue weighted by molar-refractivity contribution is -0.119. The number of ketones is 1. The Labute approximate surface area is 100.0 Å². The number of hydrogen-bond donors (Lipinski definition) is 0. The quantitative estimate of drug-likeness (QED) is 0.590. The first-order chi connectivity index (χ1) is 7.86. The first-order valence-corrected chi connectivity index (χ1v) is 7.38. The molecule has 2 saturated carbocycles. The summed E-state index contributed by atoms with van der Waals surface area (Å²) >= 11 is 0. The lowest BCUT2D eigenvalue weighted by Crippen LogP contribution is -1.98. The maximum Gasteiger partial charge on any atom is 0.132 e. The Hall–Kier alpha value is -0.330. The SMILES string of the molecule is O=C1CCCCCCCCC2CC2CCC1. The molecular formula is C15H26O. The third-order valence-corrected chi connectivity index (χ3v) is 4.38. The van der Waals surface area contributed by atoms with Crippen LogP contribution in [0.5, 0.6) is 0 Å². The lowest BCUT2D eigenvalue weighted by atomic mass is 10.0. The highest BCUT2D eigenvalue weighted by Crippen LogP contribution is 2.45. The molecule has 2 atom stereocenters. The molecule has 2 unspecified atom stereocenters. The first-order valence-electron chi connectivity index (χ1n) is 7.38. The van der Waals surface area contributed by atoms with Crippen molar-refractivity contribution in [1.82, 2.24) is 0 Å². The Morgan fingerprint density at radius 2 is 1.25 bits per heavy atom. The second-order valence-corrected chi connectivity index (χ2v) is 5.85. The van der Waals surface area contributed by atoms with Gasteiger partial charge in [0.1, 0.15) is 5.78 Å². The van der Waals surface area contributed by atoms with Gasteiger partial charge in [-0.1, -0.05) is 38.5 Å². The number of carbonyl (C=O) groups excluding carboxylic acids is 1. The molecule has 2 aliphatic carbocycles. The van der Waals surface area contributed by atoms with E-state index in [4.69, 9.17) is 0 Å². The second-order valence-electron chi connectivity index (χ2n) is 5.85. The smallest absolute Gasteiger partial charge is 0.132 e. The Morgan fingerprint density at radius 1 is 0.688 bits per heavy atom. The predicted octanol–water partition coefficient (Wildman–Crippen LogP) is 4.50. The monoisotopic (exact) mass is 222 g/mol. The summed E-state index contributed by atoms with van der Waals surface area (Å²) in [6, 6.07) is 0. The maximum absolute atomic E-state index is 11.6. The molecule has 0 aromatic carbocycles. The van der Waals surface area contributed by atoms with E-state index < -0.39 is 0 Å². The van der Waals surface area contributed by atoms with Gasteiger partial charge < -0.3 is 0 Å². The van der Waals surface area contributed by atoms with Crippen molar-refractivity contribution in [2.24, 2.45) is 11.8 Å². The van der Waals surface area contributed by atoms with Crippen molar-refractivity contribution in [2.45, 2.75) is 77.0 Å². The summed E-state index contributed by atoms with van der Waals surface area (Å²) in [4.78, 5) is 11.6. The summed E-state index contributed by atoms with van der Waals surface area (Å²) in [7, 11) is 0. The van der Waals surface area contributed by atoms with Crippen LogP contribution in [0.15, 0.2) is 0 Å². The molecule has 0 bridgehead atoms. The predicted molar refractivity (Wildman–Crippen MR) is 67.4 cm³/mol. The summed E-state index contributed by atoms with van der Waals surface area (Å²) in [6.07, 6.45) is 15.2. The molecule has 16 heavy (non-hydrogen) atoms. The average Bonchev–Trinajstić information content (AvgIpc) is 3.00. The van der Waals surface area contributed by atoms with Gasteiger partial charge in [-0.3, -0.25) is 4.79 Å². The molecule has 0 aromatic rings. The van der Waals surface area contributed by atoms with Crippen LogP contribution < -0.4 is 0 Å². The van der Waals surface area contributed by atoms with Crippen LogP contribution in [-0.4, -0.2) is 5.78 Å². The van der Waals surface area contributed by atoms with Gasteiger partial charge in [-0.15, -0.1) is 0 Å². The van der Waals surface area contributed by atoms with E-state index in [9.17, 15) is 4.79 Å². The van der Waals surface area contributed by atoms with Crippen molar-refractivity contribution in [1.29, 1.82) is 0 Å². The zero-order valence-corrected chi connectivity index (χ0v) is 10.5. The summed E-state index contributed by atoms with van der Waals surface area (Å²) in [6.45, 7) is 0. The van der Waals surface area contributed by atoms with Crippen LogP contribution in [0.1, 0.15) is 77.0 Å². The third kappa shape index (κ3) is 4.27. The van der Waals surface area contributed by atoms with Crippen molar-refractivity contribution in [2.75, 3.05) is 0 Å². The number of fused-ring (bicyclic) bond motifs is 1. The molecule has 2 fully saturated rings. The molecule has 2 aliphatic rings. The van der Waals surface area contributed by atoms with Crippen molar-refractivity contribution < 1.29 is 4.79 Å². The number of carbonyl (C=O) groups is 1. The van der Waals surface area contributed by atoms with Crippen LogP contribution in [-0.2, 0) is 4.79 Å². The number of hydrogen-bond acceptors (Lipinski definition) is 1. The van der Waals surface area contributed by atoms with Gasteiger partial charge >= 0.3 is 0 Å².